The summed E-state index contributed by atoms with van der Waals surface area (Å²) in [6, 6.07) is 7.67. The largest absolute Gasteiger partial charge is 0.341 e. The lowest BCUT2D eigenvalue weighted by atomic mass is 10.0. The molecule has 2 rings (SSSR count). The Kier molecular flexibility index (Phi) is 5.17. The Labute approximate surface area is 124 Å². The molecule has 1 amide bonds. The number of likely N-dealkylation sites (tertiary alicyclic amines) is 1. The molecule has 0 radical (unpaired) electrons. The Bertz CT molecular complexity index is 434. The van der Waals surface area contributed by atoms with Gasteiger partial charge in [-0.15, -0.1) is 11.8 Å². The summed E-state index contributed by atoms with van der Waals surface area (Å²) >= 11 is 7.47. The summed E-state index contributed by atoms with van der Waals surface area (Å²) < 4.78 is 0. The first kappa shape index (κ1) is 14.7. The van der Waals surface area contributed by atoms with Crippen molar-refractivity contribution in [2.75, 3.05) is 13.1 Å². The number of halogens is 1. The number of rotatable bonds is 3. The summed E-state index contributed by atoms with van der Waals surface area (Å²) in [5.41, 5.74) is 0. The van der Waals surface area contributed by atoms with E-state index in [1.807, 2.05) is 36.1 Å². The smallest absolute Gasteiger partial charge is 0.235 e. The van der Waals surface area contributed by atoms with E-state index in [4.69, 9.17) is 11.6 Å². The van der Waals surface area contributed by atoms with Crippen molar-refractivity contribution in [3.8, 4) is 0 Å². The fourth-order valence-electron chi connectivity index (χ4n) is 2.41. The van der Waals surface area contributed by atoms with Crippen LogP contribution < -0.4 is 0 Å². The topological polar surface area (TPSA) is 20.3 Å². The highest BCUT2D eigenvalue weighted by molar-refractivity contribution is 8.00. The number of amides is 1. The first-order valence-corrected chi connectivity index (χ1v) is 8.03. The highest BCUT2D eigenvalue weighted by atomic mass is 35.5. The molecule has 1 aliphatic heterocycles. The van der Waals surface area contributed by atoms with Crippen LogP contribution in [0.2, 0.25) is 5.02 Å². The molecule has 1 aromatic rings. The van der Waals surface area contributed by atoms with E-state index in [9.17, 15) is 4.79 Å². The van der Waals surface area contributed by atoms with Gasteiger partial charge >= 0.3 is 0 Å². The average molecular weight is 298 g/mol. The number of nitrogens with zero attached hydrogens (tertiary/aromatic N) is 1. The molecule has 1 saturated heterocycles. The molecule has 4 heteroatoms. The summed E-state index contributed by atoms with van der Waals surface area (Å²) in [5.74, 6) is 0.886. The minimum atomic E-state index is -0.0357. The molecule has 0 saturated carbocycles. The molecule has 0 aliphatic carbocycles. The van der Waals surface area contributed by atoms with Crippen molar-refractivity contribution in [1.82, 2.24) is 4.90 Å². The predicted octanol–water partition coefficient (Wildman–Crippen LogP) is 4.08. The Morgan fingerprint density at radius 1 is 1.42 bits per heavy atom. The van der Waals surface area contributed by atoms with Crippen molar-refractivity contribution >= 4 is 29.3 Å². The first-order chi connectivity index (χ1) is 9.06. The molecular weight excluding hydrogens is 278 g/mol. The highest BCUT2D eigenvalue weighted by Crippen LogP contribution is 2.27. The third-order valence-corrected chi connectivity index (χ3v) is 4.79. The summed E-state index contributed by atoms with van der Waals surface area (Å²) in [7, 11) is 0. The Hall–Kier alpha value is -0.670. The van der Waals surface area contributed by atoms with Gasteiger partial charge in [0.05, 0.1) is 5.25 Å². The zero-order chi connectivity index (χ0) is 13.8. The Morgan fingerprint density at radius 2 is 2.11 bits per heavy atom. The molecule has 104 valence electrons. The first-order valence-electron chi connectivity index (χ1n) is 6.77. The standard InChI is InChI=1S/C15H20ClNOS/c1-11-4-3-9-17(10-11)15(18)12(2)19-14-7-5-13(16)6-8-14/h5-8,11-12H,3-4,9-10H2,1-2H3/t11-,12-/m0/s1. The van der Waals surface area contributed by atoms with Crippen molar-refractivity contribution in [2.24, 2.45) is 5.92 Å². The summed E-state index contributed by atoms with van der Waals surface area (Å²) in [4.78, 5) is 15.5. The van der Waals surface area contributed by atoms with Crippen molar-refractivity contribution in [2.45, 2.75) is 36.8 Å². The Morgan fingerprint density at radius 3 is 2.74 bits per heavy atom. The quantitative estimate of drug-likeness (QED) is 0.784. The number of benzene rings is 1. The van der Waals surface area contributed by atoms with E-state index in [0.29, 0.717) is 5.92 Å². The van der Waals surface area contributed by atoms with Gasteiger partial charge in [0, 0.05) is 23.0 Å². The summed E-state index contributed by atoms with van der Waals surface area (Å²) in [5, 5.41) is 0.694. The lowest BCUT2D eigenvalue weighted by Gasteiger charge is -2.32. The number of carbonyl (C=O) groups excluding carboxylic acids is 1. The molecule has 2 nitrogen and oxygen atoms in total. The average Bonchev–Trinajstić information content (AvgIpc) is 2.40. The van der Waals surface area contributed by atoms with Crippen molar-refractivity contribution in [3.05, 3.63) is 29.3 Å². The second kappa shape index (κ2) is 6.67. The van der Waals surface area contributed by atoms with Gasteiger partial charge in [0.1, 0.15) is 0 Å². The van der Waals surface area contributed by atoms with Crippen molar-refractivity contribution in [1.29, 1.82) is 0 Å². The molecule has 1 aromatic carbocycles. The van der Waals surface area contributed by atoms with E-state index in [2.05, 4.69) is 6.92 Å². The molecule has 2 atom stereocenters. The van der Waals surface area contributed by atoms with E-state index in [1.165, 1.54) is 6.42 Å². The lowest BCUT2D eigenvalue weighted by molar-refractivity contribution is -0.131. The zero-order valence-corrected chi connectivity index (χ0v) is 13.0. The number of carbonyl (C=O) groups is 1. The zero-order valence-electron chi connectivity index (χ0n) is 11.4. The van der Waals surface area contributed by atoms with Gasteiger partial charge in [-0.1, -0.05) is 18.5 Å². The maximum atomic E-state index is 12.4. The monoisotopic (exact) mass is 297 g/mol. The third kappa shape index (κ3) is 4.15. The molecule has 1 heterocycles. The maximum Gasteiger partial charge on any atom is 0.235 e. The van der Waals surface area contributed by atoms with Gasteiger partial charge in [0.15, 0.2) is 0 Å². The number of hydrogen-bond acceptors (Lipinski definition) is 2. The Balaban J connectivity index is 1.93. The van der Waals surface area contributed by atoms with Gasteiger partial charge in [-0.2, -0.15) is 0 Å². The third-order valence-electron chi connectivity index (χ3n) is 3.44. The van der Waals surface area contributed by atoms with Crippen LogP contribution in [-0.4, -0.2) is 29.1 Å². The van der Waals surface area contributed by atoms with Gasteiger partial charge < -0.3 is 4.90 Å². The van der Waals surface area contributed by atoms with Crippen molar-refractivity contribution in [3.63, 3.8) is 0 Å². The van der Waals surface area contributed by atoms with Crippen LogP contribution in [0.15, 0.2) is 29.2 Å². The lowest BCUT2D eigenvalue weighted by Crippen LogP contribution is -2.42. The molecule has 0 spiro atoms. The fourth-order valence-corrected chi connectivity index (χ4v) is 3.49. The van der Waals surface area contributed by atoms with Crippen LogP contribution in [0.3, 0.4) is 0 Å². The highest BCUT2D eigenvalue weighted by Gasteiger charge is 2.25. The molecule has 1 aliphatic rings. The van der Waals surface area contributed by atoms with E-state index in [-0.39, 0.29) is 11.2 Å². The summed E-state index contributed by atoms with van der Waals surface area (Å²) in [6.07, 6.45) is 2.37. The molecule has 1 fully saturated rings. The summed E-state index contributed by atoms with van der Waals surface area (Å²) in [6.45, 7) is 6.02. The maximum absolute atomic E-state index is 12.4. The van der Waals surface area contributed by atoms with Crippen molar-refractivity contribution < 1.29 is 4.79 Å². The van der Waals surface area contributed by atoms with Crippen LogP contribution in [0, 0.1) is 5.92 Å². The molecule has 0 N–H and O–H groups in total. The van der Waals surface area contributed by atoms with Crippen LogP contribution >= 0.6 is 23.4 Å². The molecule has 0 bridgehead atoms. The van der Waals surface area contributed by atoms with Gasteiger partial charge in [0.25, 0.3) is 0 Å². The van der Waals surface area contributed by atoms with E-state index < -0.39 is 0 Å². The van der Waals surface area contributed by atoms with Gasteiger partial charge in [-0.25, -0.2) is 0 Å². The van der Waals surface area contributed by atoms with Crippen LogP contribution in [-0.2, 0) is 4.79 Å². The van der Waals surface area contributed by atoms with E-state index in [0.717, 1.165) is 29.4 Å². The number of thioether (sulfide) groups is 1. The number of hydrogen-bond donors (Lipinski definition) is 0. The molecule has 0 unspecified atom stereocenters. The van der Waals surface area contributed by atoms with Crippen LogP contribution in [0.5, 0.6) is 0 Å². The van der Waals surface area contributed by atoms with Crippen LogP contribution in [0.4, 0.5) is 0 Å². The second-order valence-corrected chi connectivity index (χ2v) is 7.10. The van der Waals surface area contributed by atoms with Gasteiger partial charge in [-0.05, 0) is 49.9 Å². The number of piperidine rings is 1. The molecular formula is C15H20ClNOS. The van der Waals surface area contributed by atoms with Gasteiger partial charge in [0.2, 0.25) is 5.91 Å². The molecule has 19 heavy (non-hydrogen) atoms. The minimum Gasteiger partial charge on any atom is -0.341 e. The molecule has 0 aromatic heterocycles. The fraction of sp³-hybridized carbons (Fsp3) is 0.533. The SMILES string of the molecule is C[C@H]1CCCN(C(=O)[C@H](C)Sc2ccc(Cl)cc2)C1. The van der Waals surface area contributed by atoms with Gasteiger partial charge in [-0.3, -0.25) is 4.79 Å². The van der Waals surface area contributed by atoms with E-state index in [1.54, 1.807) is 11.8 Å². The second-order valence-electron chi connectivity index (χ2n) is 5.25. The van der Waals surface area contributed by atoms with Crippen LogP contribution in [0.1, 0.15) is 26.7 Å². The normalized spacial score (nSPS) is 21.2. The predicted molar refractivity (Wildman–Crippen MR) is 81.7 cm³/mol. The minimum absolute atomic E-state index is 0.0357. The van der Waals surface area contributed by atoms with E-state index >= 15 is 0 Å². The van der Waals surface area contributed by atoms with Crippen LogP contribution in [0.25, 0.3) is 0 Å².